The van der Waals surface area contributed by atoms with Gasteiger partial charge in [0.1, 0.15) is 18.0 Å². The quantitative estimate of drug-likeness (QED) is 0.390. The average molecular weight is 513 g/mol. The van der Waals surface area contributed by atoms with Crippen LogP contribution < -0.4 is 15.1 Å². The van der Waals surface area contributed by atoms with Crippen LogP contribution in [0.25, 0.3) is 11.1 Å². The molecule has 192 valence electrons. The van der Waals surface area contributed by atoms with E-state index in [4.69, 9.17) is 0 Å². The highest BCUT2D eigenvalue weighted by atomic mass is 19.3. The SMILES string of the molecule is C[C@@H]1C(=O)N(CC(=O)Nc2ccc(C(F)F)cc2)c2cc(N3CC(C)(F)C3)nc(F)c2-c2cccnc21. The van der Waals surface area contributed by atoms with Gasteiger partial charge in [0.2, 0.25) is 17.8 Å². The third-order valence-corrected chi connectivity index (χ3v) is 6.50. The summed E-state index contributed by atoms with van der Waals surface area (Å²) in [5.41, 5.74) is -0.527. The highest BCUT2D eigenvalue weighted by Crippen LogP contribution is 2.43. The number of anilines is 3. The number of nitrogens with zero attached hydrogens (tertiary/aromatic N) is 4. The first-order valence-electron chi connectivity index (χ1n) is 11.6. The van der Waals surface area contributed by atoms with Crippen LogP contribution in [0.15, 0.2) is 48.7 Å². The number of nitrogens with one attached hydrogen (secondary N) is 1. The summed E-state index contributed by atoms with van der Waals surface area (Å²) >= 11 is 0. The lowest BCUT2D eigenvalue weighted by atomic mass is 9.97. The highest BCUT2D eigenvalue weighted by Gasteiger charge is 2.41. The number of rotatable bonds is 5. The van der Waals surface area contributed by atoms with E-state index in [2.05, 4.69) is 15.3 Å². The van der Waals surface area contributed by atoms with Crippen LogP contribution in [0.5, 0.6) is 0 Å². The van der Waals surface area contributed by atoms with Crippen molar-refractivity contribution >= 4 is 29.0 Å². The van der Waals surface area contributed by atoms with Crippen LogP contribution >= 0.6 is 0 Å². The predicted octanol–water partition coefficient (Wildman–Crippen LogP) is 4.86. The van der Waals surface area contributed by atoms with Crippen molar-refractivity contribution in [2.24, 2.45) is 0 Å². The van der Waals surface area contributed by atoms with Crippen LogP contribution in [-0.2, 0) is 9.59 Å². The van der Waals surface area contributed by atoms with Crippen LogP contribution in [0, 0.1) is 5.95 Å². The molecule has 0 spiro atoms. The average Bonchev–Trinajstić information content (AvgIpc) is 2.92. The first-order valence-corrected chi connectivity index (χ1v) is 11.6. The molecular weight excluding hydrogens is 490 g/mol. The van der Waals surface area contributed by atoms with Crippen molar-refractivity contribution in [3.63, 3.8) is 0 Å². The van der Waals surface area contributed by atoms with Crippen LogP contribution in [0.4, 0.5) is 34.8 Å². The van der Waals surface area contributed by atoms with Crippen LogP contribution in [0.1, 0.15) is 37.4 Å². The molecule has 1 saturated heterocycles. The maximum atomic E-state index is 15.6. The second-order valence-electron chi connectivity index (χ2n) is 9.49. The van der Waals surface area contributed by atoms with E-state index in [1.165, 1.54) is 43.5 Å². The maximum Gasteiger partial charge on any atom is 0.263 e. The van der Waals surface area contributed by atoms with Gasteiger partial charge in [0.15, 0.2) is 0 Å². The summed E-state index contributed by atoms with van der Waals surface area (Å²) in [5.74, 6) is -2.63. The molecule has 37 heavy (non-hydrogen) atoms. The molecule has 1 N–H and O–H groups in total. The third kappa shape index (κ3) is 4.61. The van der Waals surface area contributed by atoms with Crippen molar-refractivity contribution in [1.29, 1.82) is 0 Å². The Labute approximate surface area is 210 Å². The first-order chi connectivity index (χ1) is 17.5. The fourth-order valence-corrected chi connectivity index (χ4v) is 4.69. The topological polar surface area (TPSA) is 78.4 Å². The number of halogens is 4. The van der Waals surface area contributed by atoms with Gasteiger partial charge in [-0.15, -0.1) is 0 Å². The van der Waals surface area contributed by atoms with Gasteiger partial charge in [0.05, 0.1) is 36.0 Å². The van der Waals surface area contributed by atoms with Gasteiger partial charge >= 0.3 is 0 Å². The van der Waals surface area contributed by atoms with Gasteiger partial charge in [0.25, 0.3) is 6.43 Å². The Hall–Kier alpha value is -4.02. The van der Waals surface area contributed by atoms with Crippen LogP contribution in [-0.4, -0.2) is 47.1 Å². The lowest BCUT2D eigenvalue weighted by Gasteiger charge is -2.43. The molecular formula is C26H23F4N5O2. The number of benzene rings is 1. The second kappa shape index (κ2) is 9.13. The molecule has 2 aromatic heterocycles. The fraction of sp³-hybridized carbons (Fsp3) is 0.308. The Balaban J connectivity index is 1.52. The molecule has 11 heteroatoms. The molecule has 2 aliphatic rings. The molecule has 5 rings (SSSR count). The summed E-state index contributed by atoms with van der Waals surface area (Å²) in [4.78, 5) is 37.6. The molecule has 0 bridgehead atoms. The lowest BCUT2D eigenvalue weighted by Crippen LogP contribution is -2.57. The van der Waals surface area contributed by atoms with E-state index in [1.807, 2.05) is 0 Å². The van der Waals surface area contributed by atoms with Crippen LogP contribution in [0.2, 0.25) is 0 Å². The molecule has 2 amide bonds. The molecule has 1 fully saturated rings. The van der Waals surface area contributed by atoms with Crippen molar-refractivity contribution in [2.45, 2.75) is 31.9 Å². The molecule has 1 aromatic carbocycles. The largest absolute Gasteiger partial charge is 0.350 e. The van der Waals surface area contributed by atoms with Gasteiger partial charge in [-0.05, 0) is 32.0 Å². The second-order valence-corrected chi connectivity index (χ2v) is 9.49. The number of alkyl halides is 3. The van der Waals surface area contributed by atoms with Gasteiger partial charge in [-0.3, -0.25) is 14.6 Å². The number of carbonyl (C=O) groups is 2. The normalized spacial score (nSPS) is 18.1. The first kappa shape index (κ1) is 24.7. The van der Waals surface area contributed by atoms with Gasteiger partial charge in [0, 0.05) is 29.1 Å². The van der Waals surface area contributed by atoms with E-state index < -0.39 is 42.3 Å². The zero-order valence-corrected chi connectivity index (χ0v) is 20.0. The molecule has 3 aromatic rings. The van der Waals surface area contributed by atoms with Crippen molar-refractivity contribution in [3.05, 3.63) is 65.9 Å². The molecule has 4 heterocycles. The number of aromatic nitrogens is 2. The summed E-state index contributed by atoms with van der Waals surface area (Å²) in [7, 11) is 0. The highest BCUT2D eigenvalue weighted by molar-refractivity contribution is 6.09. The number of hydrogen-bond donors (Lipinski definition) is 1. The van der Waals surface area contributed by atoms with E-state index in [9.17, 15) is 22.8 Å². The smallest absolute Gasteiger partial charge is 0.263 e. The van der Waals surface area contributed by atoms with Gasteiger partial charge in [-0.2, -0.15) is 4.39 Å². The fourth-order valence-electron chi connectivity index (χ4n) is 4.69. The minimum Gasteiger partial charge on any atom is -0.350 e. The summed E-state index contributed by atoms with van der Waals surface area (Å²) in [5, 5.41) is 2.59. The van der Waals surface area contributed by atoms with Crippen molar-refractivity contribution in [3.8, 4) is 11.1 Å². The number of pyridine rings is 2. The zero-order chi connectivity index (χ0) is 26.5. The number of amides is 2. The van der Waals surface area contributed by atoms with Gasteiger partial charge in [-0.1, -0.05) is 18.2 Å². The summed E-state index contributed by atoms with van der Waals surface area (Å²) in [6, 6.07) is 9.77. The molecule has 7 nitrogen and oxygen atoms in total. The summed E-state index contributed by atoms with van der Waals surface area (Å²) in [6.45, 7) is 2.58. The van der Waals surface area contributed by atoms with E-state index in [0.29, 0.717) is 11.3 Å². The van der Waals surface area contributed by atoms with Crippen molar-refractivity contribution < 1.29 is 27.2 Å². The van der Waals surface area contributed by atoms with E-state index in [0.717, 1.165) is 4.90 Å². The molecule has 1 atom stereocenters. The van der Waals surface area contributed by atoms with E-state index in [1.54, 1.807) is 24.0 Å². The predicted molar refractivity (Wildman–Crippen MR) is 130 cm³/mol. The van der Waals surface area contributed by atoms with Crippen molar-refractivity contribution in [2.75, 3.05) is 34.8 Å². The van der Waals surface area contributed by atoms with Gasteiger partial charge < -0.3 is 15.1 Å². The Kier molecular flexibility index (Phi) is 6.09. The summed E-state index contributed by atoms with van der Waals surface area (Å²) in [6.07, 6.45) is -1.15. The lowest BCUT2D eigenvalue weighted by molar-refractivity contribution is -0.122. The maximum absolute atomic E-state index is 15.6. The van der Waals surface area contributed by atoms with Gasteiger partial charge in [-0.25, -0.2) is 18.2 Å². The Bertz CT molecular complexity index is 1370. The van der Waals surface area contributed by atoms with E-state index >= 15 is 4.39 Å². The Morgan fingerprint density at radius 1 is 1.22 bits per heavy atom. The third-order valence-electron chi connectivity index (χ3n) is 6.50. The Morgan fingerprint density at radius 2 is 1.92 bits per heavy atom. The number of hydrogen-bond acceptors (Lipinski definition) is 5. The zero-order valence-electron chi connectivity index (χ0n) is 20.0. The number of fused-ring (bicyclic) bond motifs is 3. The van der Waals surface area contributed by atoms with Crippen LogP contribution in [0.3, 0.4) is 0 Å². The Morgan fingerprint density at radius 3 is 2.57 bits per heavy atom. The molecule has 0 radical (unpaired) electrons. The standard InChI is InChI=1S/C26H23F4N5O2/c1-14-22-17(4-3-9-31-22)21-18(10-19(33-24(21)29)34-12-26(2,30)13-34)35(25(14)37)11-20(36)32-16-7-5-15(6-8-16)23(27)28/h3-10,14,23H,11-13H2,1-2H3,(H,32,36)/t14-/m0/s1. The molecule has 0 unspecified atom stereocenters. The van der Waals surface area contributed by atoms with Crippen molar-refractivity contribution in [1.82, 2.24) is 9.97 Å². The van der Waals surface area contributed by atoms with E-state index in [-0.39, 0.29) is 41.4 Å². The minimum absolute atomic E-state index is 0.00974. The number of carbonyl (C=O) groups excluding carboxylic acids is 2. The molecule has 0 saturated carbocycles. The monoisotopic (exact) mass is 513 g/mol. The molecule has 0 aliphatic carbocycles. The minimum atomic E-state index is -2.65. The molecule has 2 aliphatic heterocycles. The summed E-state index contributed by atoms with van der Waals surface area (Å²) < 4.78 is 55.4.